The van der Waals surface area contributed by atoms with E-state index >= 15 is 0 Å². The van der Waals surface area contributed by atoms with E-state index < -0.39 is 0 Å². The molecule has 4 fully saturated rings. The molecular formula is C27H29N3O2S. The van der Waals surface area contributed by atoms with E-state index in [1.165, 1.54) is 38.5 Å². The molecule has 5 nitrogen and oxygen atoms in total. The lowest BCUT2D eigenvalue weighted by Crippen LogP contribution is -2.48. The molecule has 4 aliphatic carbocycles. The van der Waals surface area contributed by atoms with Crippen LogP contribution in [0.1, 0.15) is 59.5 Å². The van der Waals surface area contributed by atoms with Crippen molar-refractivity contribution in [1.29, 1.82) is 0 Å². The monoisotopic (exact) mass is 459 g/mol. The minimum absolute atomic E-state index is 0.0778. The number of nitrogens with zero attached hydrogens (tertiary/aromatic N) is 3. The molecule has 0 N–H and O–H groups in total. The number of anilines is 1. The van der Waals surface area contributed by atoms with Gasteiger partial charge in [0, 0.05) is 11.0 Å². The second-order valence-electron chi connectivity index (χ2n) is 10.2. The van der Waals surface area contributed by atoms with E-state index in [4.69, 9.17) is 9.84 Å². The lowest BCUT2D eigenvalue weighted by Gasteiger charge is -2.55. The fourth-order valence-corrected chi connectivity index (χ4v) is 7.88. The highest BCUT2D eigenvalue weighted by molar-refractivity contribution is 7.15. The third-order valence-corrected chi connectivity index (χ3v) is 9.08. The highest BCUT2D eigenvalue weighted by Crippen LogP contribution is 2.61. The molecule has 4 bridgehead atoms. The number of methoxy groups -OCH3 is 1. The zero-order valence-electron chi connectivity index (χ0n) is 18.9. The van der Waals surface area contributed by atoms with Crippen molar-refractivity contribution in [2.24, 2.45) is 17.8 Å². The molecule has 0 atom stereocenters. The van der Waals surface area contributed by atoms with Gasteiger partial charge in [0.2, 0.25) is 5.13 Å². The molecule has 1 aromatic heterocycles. The van der Waals surface area contributed by atoms with Crippen LogP contribution in [-0.4, -0.2) is 23.2 Å². The summed E-state index contributed by atoms with van der Waals surface area (Å²) in [6, 6.07) is 17.4. The highest BCUT2D eigenvalue weighted by Gasteiger charge is 2.53. The van der Waals surface area contributed by atoms with Gasteiger partial charge in [-0.1, -0.05) is 47.7 Å². The van der Waals surface area contributed by atoms with E-state index in [0.717, 1.165) is 28.3 Å². The van der Waals surface area contributed by atoms with Crippen LogP contribution >= 0.6 is 11.3 Å². The van der Waals surface area contributed by atoms with E-state index in [0.29, 0.717) is 23.0 Å². The maximum atomic E-state index is 13.7. The van der Waals surface area contributed by atoms with Crippen molar-refractivity contribution in [1.82, 2.24) is 10.2 Å². The number of hydrogen-bond acceptors (Lipinski definition) is 5. The van der Waals surface area contributed by atoms with Crippen molar-refractivity contribution >= 4 is 22.4 Å². The Kier molecular flexibility index (Phi) is 5.21. The minimum Gasteiger partial charge on any atom is -0.497 e. The number of rotatable bonds is 6. The molecule has 0 radical (unpaired) electrons. The van der Waals surface area contributed by atoms with E-state index in [1.807, 2.05) is 48.5 Å². The summed E-state index contributed by atoms with van der Waals surface area (Å²) in [6.45, 7) is 0.465. The molecule has 7 rings (SSSR count). The van der Waals surface area contributed by atoms with E-state index in [1.54, 1.807) is 29.4 Å². The van der Waals surface area contributed by atoms with Crippen LogP contribution in [0.4, 0.5) is 5.13 Å². The Hall–Kier alpha value is -2.73. The van der Waals surface area contributed by atoms with Crippen molar-refractivity contribution in [2.45, 2.75) is 50.5 Å². The first-order chi connectivity index (χ1) is 16.1. The quantitative estimate of drug-likeness (QED) is 0.463. The molecule has 0 aliphatic heterocycles. The van der Waals surface area contributed by atoms with Crippen molar-refractivity contribution in [2.75, 3.05) is 12.0 Å². The molecule has 0 saturated heterocycles. The summed E-state index contributed by atoms with van der Waals surface area (Å²) >= 11 is 1.63. The Labute approximate surface area is 198 Å². The van der Waals surface area contributed by atoms with Gasteiger partial charge in [-0.05, 0) is 80.0 Å². The number of aromatic nitrogens is 2. The maximum absolute atomic E-state index is 13.7. The Bertz CT molecular complexity index is 1120. The summed E-state index contributed by atoms with van der Waals surface area (Å²) in [7, 11) is 1.62. The molecule has 4 saturated carbocycles. The standard InChI is InChI=1S/C27H29N3O2S/c1-32-23-9-5-8-22(13-23)24(31)30(17-18-6-3-2-4-7-18)26-29-28-25(33-26)27-14-19-10-20(15-27)12-21(11-19)16-27/h2-9,13,19-21H,10-12,14-17H2,1H3. The van der Waals surface area contributed by atoms with Crippen LogP contribution in [0.5, 0.6) is 5.75 Å². The zero-order valence-corrected chi connectivity index (χ0v) is 19.8. The molecule has 4 aliphatic rings. The van der Waals surface area contributed by atoms with Crippen LogP contribution < -0.4 is 9.64 Å². The number of carbonyl (C=O) groups excluding carboxylic acids is 1. The second-order valence-corrected chi connectivity index (χ2v) is 11.2. The van der Waals surface area contributed by atoms with Crippen molar-refractivity contribution in [3.63, 3.8) is 0 Å². The smallest absolute Gasteiger partial charge is 0.260 e. The van der Waals surface area contributed by atoms with E-state index in [-0.39, 0.29) is 11.3 Å². The van der Waals surface area contributed by atoms with Gasteiger partial charge >= 0.3 is 0 Å². The predicted octanol–water partition coefficient (Wildman–Crippen LogP) is 5.86. The number of ether oxygens (including phenoxy) is 1. The van der Waals surface area contributed by atoms with Gasteiger partial charge < -0.3 is 4.74 Å². The largest absolute Gasteiger partial charge is 0.497 e. The number of hydrogen-bond donors (Lipinski definition) is 0. The Morgan fingerprint density at radius 3 is 2.36 bits per heavy atom. The third-order valence-electron chi connectivity index (χ3n) is 7.88. The highest BCUT2D eigenvalue weighted by atomic mass is 32.1. The maximum Gasteiger partial charge on any atom is 0.260 e. The molecule has 6 heteroatoms. The second kappa shape index (κ2) is 8.24. The van der Waals surface area contributed by atoms with Crippen LogP contribution in [0.15, 0.2) is 54.6 Å². The predicted molar refractivity (Wildman–Crippen MR) is 130 cm³/mol. The molecule has 33 heavy (non-hydrogen) atoms. The molecule has 0 spiro atoms. The number of benzene rings is 2. The average molecular weight is 460 g/mol. The average Bonchev–Trinajstić information content (AvgIpc) is 3.33. The van der Waals surface area contributed by atoms with Crippen LogP contribution in [0, 0.1) is 17.8 Å². The molecule has 2 aromatic carbocycles. The fraction of sp³-hybridized carbons (Fsp3) is 0.444. The van der Waals surface area contributed by atoms with Gasteiger partial charge in [0.1, 0.15) is 10.8 Å². The van der Waals surface area contributed by atoms with Crippen LogP contribution in [0.3, 0.4) is 0 Å². The molecule has 1 amide bonds. The van der Waals surface area contributed by atoms with Gasteiger partial charge in [-0.25, -0.2) is 0 Å². The summed E-state index contributed by atoms with van der Waals surface area (Å²) in [5, 5.41) is 11.2. The van der Waals surface area contributed by atoms with Crippen LogP contribution in [0.25, 0.3) is 0 Å². The normalized spacial score (nSPS) is 27.5. The summed E-state index contributed by atoms with van der Waals surface area (Å²) in [4.78, 5) is 15.5. The minimum atomic E-state index is -0.0778. The first kappa shape index (κ1) is 20.8. The molecule has 170 valence electrons. The Morgan fingerprint density at radius 1 is 1.00 bits per heavy atom. The number of carbonyl (C=O) groups is 1. The topological polar surface area (TPSA) is 55.3 Å². The fourth-order valence-electron chi connectivity index (χ4n) is 6.82. The van der Waals surface area contributed by atoms with Gasteiger partial charge in [-0.3, -0.25) is 9.69 Å². The van der Waals surface area contributed by atoms with Crippen molar-refractivity contribution in [3.8, 4) is 5.75 Å². The van der Waals surface area contributed by atoms with Crippen LogP contribution in [0.2, 0.25) is 0 Å². The zero-order chi connectivity index (χ0) is 22.4. The summed E-state index contributed by atoms with van der Waals surface area (Å²) in [5.41, 5.74) is 1.85. The Balaban J connectivity index is 1.34. The van der Waals surface area contributed by atoms with Crippen LogP contribution in [-0.2, 0) is 12.0 Å². The lowest BCUT2D eigenvalue weighted by atomic mass is 9.50. The summed E-state index contributed by atoms with van der Waals surface area (Å²) < 4.78 is 5.35. The lowest BCUT2D eigenvalue weighted by molar-refractivity contribution is -0.00555. The van der Waals surface area contributed by atoms with E-state index in [9.17, 15) is 4.79 Å². The molecule has 1 heterocycles. The first-order valence-corrected chi connectivity index (χ1v) is 12.8. The van der Waals surface area contributed by atoms with Gasteiger partial charge in [0.05, 0.1) is 13.7 Å². The molecular weight excluding hydrogens is 430 g/mol. The van der Waals surface area contributed by atoms with Crippen molar-refractivity contribution < 1.29 is 9.53 Å². The number of amides is 1. The Morgan fingerprint density at radius 2 is 1.70 bits per heavy atom. The van der Waals surface area contributed by atoms with Gasteiger partial charge in [-0.2, -0.15) is 0 Å². The van der Waals surface area contributed by atoms with Gasteiger partial charge in [0.25, 0.3) is 5.91 Å². The van der Waals surface area contributed by atoms with Gasteiger partial charge in [-0.15, -0.1) is 10.2 Å². The van der Waals surface area contributed by atoms with E-state index in [2.05, 4.69) is 5.10 Å². The SMILES string of the molecule is COc1cccc(C(=O)N(Cc2ccccc2)c2nnc(C34CC5CC(CC(C5)C3)C4)s2)c1. The third kappa shape index (κ3) is 3.84. The molecule has 3 aromatic rings. The first-order valence-electron chi connectivity index (χ1n) is 12.0. The van der Waals surface area contributed by atoms with Crippen molar-refractivity contribution in [3.05, 3.63) is 70.7 Å². The molecule has 0 unspecified atom stereocenters. The summed E-state index contributed by atoms with van der Waals surface area (Å²) in [5.74, 6) is 3.14. The summed E-state index contributed by atoms with van der Waals surface area (Å²) in [6.07, 6.45) is 7.94. The van der Waals surface area contributed by atoms with Gasteiger partial charge in [0.15, 0.2) is 0 Å².